The lowest BCUT2D eigenvalue weighted by molar-refractivity contribution is -0.140. The van der Waals surface area contributed by atoms with Gasteiger partial charge in [0.15, 0.2) is 0 Å². The number of likely N-dealkylation sites (N-methyl/N-ethyl adjacent to an activating group) is 1. The molecule has 0 radical (unpaired) electrons. The van der Waals surface area contributed by atoms with Gasteiger partial charge in [-0.2, -0.15) is 0 Å². The van der Waals surface area contributed by atoms with Crippen LogP contribution in [0.25, 0.3) is 0 Å². The maximum Gasteiger partial charge on any atom is 0.317 e. The summed E-state index contributed by atoms with van der Waals surface area (Å²) in [6.45, 7) is 2.10. The molecule has 0 spiro atoms. The summed E-state index contributed by atoms with van der Waals surface area (Å²) in [5.41, 5.74) is 0. The zero-order valence-electron chi connectivity index (χ0n) is 15.1. The van der Waals surface area contributed by atoms with E-state index in [-0.39, 0.29) is 39.3 Å². The number of rotatable bonds is 13. The van der Waals surface area contributed by atoms with Crippen LogP contribution in [-0.4, -0.2) is 107 Å². The fourth-order valence-corrected chi connectivity index (χ4v) is 2.45. The van der Waals surface area contributed by atoms with Crippen LogP contribution in [0.5, 0.6) is 0 Å². The van der Waals surface area contributed by atoms with Crippen LogP contribution in [0, 0.1) is 0 Å². The Morgan fingerprint density at radius 2 is 1.48 bits per heavy atom. The molecule has 0 aliphatic carbocycles. The van der Waals surface area contributed by atoms with Crippen molar-refractivity contribution < 1.29 is 34.2 Å². The first-order valence-corrected chi connectivity index (χ1v) is 8.41. The number of nitrogens with one attached hydrogen (secondary N) is 1. The van der Waals surface area contributed by atoms with Crippen molar-refractivity contribution in [1.82, 2.24) is 20.0 Å². The predicted octanol–water partition coefficient (Wildman–Crippen LogP) is -2.18. The molecule has 0 saturated heterocycles. The molecule has 11 nitrogen and oxygen atoms in total. The van der Waals surface area contributed by atoms with E-state index >= 15 is 0 Å². The Balaban J connectivity index is 2.44. The van der Waals surface area contributed by atoms with Crippen LogP contribution in [0.3, 0.4) is 0 Å². The van der Waals surface area contributed by atoms with E-state index in [2.05, 4.69) is 5.32 Å². The summed E-state index contributed by atoms with van der Waals surface area (Å²) in [7, 11) is 0. The van der Waals surface area contributed by atoms with Crippen molar-refractivity contribution in [2.75, 3.05) is 52.4 Å². The molecule has 0 saturated carbocycles. The molecule has 150 valence electrons. The summed E-state index contributed by atoms with van der Waals surface area (Å²) in [4.78, 5) is 60.5. The SMILES string of the molecule is CCN(CCN(CC(=O)O)CC(=O)NCCN1C(=O)C=CC1=O)CC(=O)O. The number of carboxylic acids is 2. The van der Waals surface area contributed by atoms with Crippen LogP contribution in [0.4, 0.5) is 0 Å². The molecule has 0 bridgehead atoms. The van der Waals surface area contributed by atoms with Gasteiger partial charge in [0.05, 0.1) is 19.6 Å². The van der Waals surface area contributed by atoms with Gasteiger partial charge in [0, 0.05) is 38.3 Å². The average molecular weight is 384 g/mol. The standard InChI is InChI=1S/C16H24N4O7/c1-2-18(10-15(24)25)7-8-19(11-16(26)27)9-12(21)17-5-6-20-13(22)3-4-14(20)23/h3-4H,2,5-11H2,1H3,(H,17,21)(H,24,25)(H,26,27). The molecule has 1 aliphatic heterocycles. The summed E-state index contributed by atoms with van der Waals surface area (Å²) in [5.74, 6) is -3.44. The number of hydrogen-bond acceptors (Lipinski definition) is 7. The highest BCUT2D eigenvalue weighted by atomic mass is 16.4. The Hall–Kier alpha value is -2.79. The topological polar surface area (TPSA) is 148 Å². The largest absolute Gasteiger partial charge is 0.480 e. The molecule has 0 aromatic rings. The van der Waals surface area contributed by atoms with Crippen LogP contribution < -0.4 is 5.32 Å². The highest BCUT2D eigenvalue weighted by molar-refractivity contribution is 6.12. The summed E-state index contributed by atoms with van der Waals surface area (Å²) in [5, 5.41) is 20.3. The lowest BCUT2D eigenvalue weighted by Crippen LogP contribution is -2.45. The average Bonchev–Trinajstić information content (AvgIpc) is 2.89. The van der Waals surface area contributed by atoms with Crippen LogP contribution in [0.1, 0.15) is 6.92 Å². The van der Waals surface area contributed by atoms with Gasteiger partial charge in [-0.25, -0.2) is 0 Å². The number of hydrogen-bond donors (Lipinski definition) is 3. The van der Waals surface area contributed by atoms with E-state index in [0.29, 0.717) is 13.1 Å². The molecule has 0 aromatic heterocycles. The van der Waals surface area contributed by atoms with Gasteiger partial charge < -0.3 is 15.5 Å². The number of carbonyl (C=O) groups excluding carboxylic acids is 3. The molecule has 1 rings (SSSR count). The van der Waals surface area contributed by atoms with Crippen LogP contribution in [-0.2, 0) is 24.0 Å². The second kappa shape index (κ2) is 11.0. The maximum atomic E-state index is 12.0. The summed E-state index contributed by atoms with van der Waals surface area (Å²) < 4.78 is 0. The Morgan fingerprint density at radius 3 is 2.00 bits per heavy atom. The van der Waals surface area contributed by atoms with Crippen molar-refractivity contribution in [1.29, 1.82) is 0 Å². The fraction of sp³-hybridized carbons (Fsp3) is 0.562. The number of aliphatic carboxylic acids is 2. The first-order valence-electron chi connectivity index (χ1n) is 8.41. The highest BCUT2D eigenvalue weighted by Crippen LogP contribution is 2.01. The molecule has 1 heterocycles. The number of carbonyl (C=O) groups is 5. The normalized spacial score (nSPS) is 13.7. The molecule has 1 aliphatic rings. The molecule has 0 aromatic carbocycles. The monoisotopic (exact) mass is 384 g/mol. The van der Waals surface area contributed by atoms with E-state index in [1.165, 1.54) is 4.90 Å². The first-order chi connectivity index (χ1) is 12.7. The number of imide groups is 1. The number of nitrogens with zero attached hydrogens (tertiary/aromatic N) is 3. The van der Waals surface area contributed by atoms with Crippen LogP contribution >= 0.6 is 0 Å². The van der Waals surface area contributed by atoms with E-state index in [9.17, 15) is 24.0 Å². The molecular formula is C16H24N4O7. The zero-order valence-corrected chi connectivity index (χ0v) is 15.1. The first kappa shape index (κ1) is 22.3. The van der Waals surface area contributed by atoms with E-state index in [1.807, 2.05) is 0 Å². The van der Waals surface area contributed by atoms with Gasteiger partial charge >= 0.3 is 11.9 Å². The molecule has 11 heteroatoms. The fourth-order valence-electron chi connectivity index (χ4n) is 2.45. The minimum absolute atomic E-state index is 0.0254. The van der Waals surface area contributed by atoms with Gasteiger partial charge in [0.1, 0.15) is 0 Å². The van der Waals surface area contributed by atoms with E-state index in [1.54, 1.807) is 11.8 Å². The van der Waals surface area contributed by atoms with E-state index in [0.717, 1.165) is 17.1 Å². The second-order valence-electron chi connectivity index (χ2n) is 5.88. The molecule has 0 unspecified atom stereocenters. The Labute approximate surface area is 156 Å². The zero-order chi connectivity index (χ0) is 20.4. The lowest BCUT2D eigenvalue weighted by atomic mass is 10.3. The van der Waals surface area contributed by atoms with Crippen molar-refractivity contribution in [3.05, 3.63) is 12.2 Å². The van der Waals surface area contributed by atoms with Gasteiger partial charge in [-0.15, -0.1) is 0 Å². The highest BCUT2D eigenvalue weighted by Gasteiger charge is 2.23. The van der Waals surface area contributed by atoms with Crippen LogP contribution in [0.15, 0.2) is 12.2 Å². The smallest absolute Gasteiger partial charge is 0.317 e. The van der Waals surface area contributed by atoms with E-state index < -0.39 is 29.7 Å². The Morgan fingerprint density at radius 1 is 0.963 bits per heavy atom. The van der Waals surface area contributed by atoms with Crippen LogP contribution in [0.2, 0.25) is 0 Å². The number of carboxylic acid groups (broad SMARTS) is 2. The summed E-state index contributed by atoms with van der Waals surface area (Å²) in [6.07, 6.45) is 2.30. The molecular weight excluding hydrogens is 360 g/mol. The Bertz CT molecular complexity index is 602. The summed E-state index contributed by atoms with van der Waals surface area (Å²) >= 11 is 0. The molecule has 27 heavy (non-hydrogen) atoms. The maximum absolute atomic E-state index is 12.0. The lowest BCUT2D eigenvalue weighted by Gasteiger charge is -2.24. The molecule has 3 amide bonds. The predicted molar refractivity (Wildman–Crippen MR) is 92.7 cm³/mol. The number of amides is 3. The third kappa shape index (κ3) is 8.42. The minimum Gasteiger partial charge on any atom is -0.480 e. The minimum atomic E-state index is -1.11. The quantitative estimate of drug-likeness (QED) is 0.301. The van der Waals surface area contributed by atoms with Crippen molar-refractivity contribution in [3.8, 4) is 0 Å². The van der Waals surface area contributed by atoms with Gasteiger partial charge in [0.25, 0.3) is 11.8 Å². The van der Waals surface area contributed by atoms with Crippen molar-refractivity contribution in [3.63, 3.8) is 0 Å². The van der Waals surface area contributed by atoms with Gasteiger partial charge in [-0.3, -0.25) is 38.7 Å². The molecule has 0 atom stereocenters. The van der Waals surface area contributed by atoms with Gasteiger partial charge in [-0.05, 0) is 6.54 Å². The third-order valence-corrected chi connectivity index (χ3v) is 3.82. The second-order valence-corrected chi connectivity index (χ2v) is 5.88. The van der Waals surface area contributed by atoms with Crippen molar-refractivity contribution in [2.24, 2.45) is 0 Å². The van der Waals surface area contributed by atoms with Crippen molar-refractivity contribution >= 4 is 29.7 Å². The molecule has 3 N–H and O–H groups in total. The third-order valence-electron chi connectivity index (χ3n) is 3.82. The van der Waals surface area contributed by atoms with Crippen molar-refractivity contribution in [2.45, 2.75) is 6.92 Å². The van der Waals surface area contributed by atoms with Gasteiger partial charge in [-0.1, -0.05) is 6.92 Å². The summed E-state index contributed by atoms with van der Waals surface area (Å²) in [6, 6.07) is 0. The Kier molecular flexibility index (Phi) is 9.09. The van der Waals surface area contributed by atoms with Gasteiger partial charge in [0.2, 0.25) is 5.91 Å². The molecule has 0 fully saturated rings. The van der Waals surface area contributed by atoms with E-state index in [4.69, 9.17) is 10.2 Å².